The number of benzene rings is 2. The summed E-state index contributed by atoms with van der Waals surface area (Å²) >= 11 is 12.0. The van der Waals surface area contributed by atoms with Gasteiger partial charge >= 0.3 is 5.97 Å². The minimum Gasteiger partial charge on any atom is -0.402 e. The molecule has 24 heavy (non-hydrogen) atoms. The van der Waals surface area contributed by atoms with Crippen molar-refractivity contribution in [1.82, 2.24) is 0 Å². The maximum atomic E-state index is 12.0. The van der Waals surface area contributed by atoms with Crippen molar-refractivity contribution in [3.63, 3.8) is 0 Å². The van der Waals surface area contributed by atoms with Gasteiger partial charge < -0.3 is 4.74 Å². The summed E-state index contributed by atoms with van der Waals surface area (Å²) in [6.07, 6.45) is 1.40. The van der Waals surface area contributed by atoms with Crippen LogP contribution in [0, 0.1) is 10.1 Å². The molecule has 0 unspecified atom stereocenters. The van der Waals surface area contributed by atoms with Crippen LogP contribution in [-0.4, -0.2) is 16.8 Å². The van der Waals surface area contributed by atoms with Crippen LogP contribution in [0.3, 0.4) is 0 Å². The number of nitrogens with zero attached hydrogens (tertiary/aromatic N) is 2. The first-order valence-corrected chi connectivity index (χ1v) is 7.42. The van der Waals surface area contributed by atoms with Crippen LogP contribution < -0.4 is 0 Å². The summed E-state index contributed by atoms with van der Waals surface area (Å²) in [6.45, 7) is 0. The van der Waals surface area contributed by atoms with Crippen molar-refractivity contribution in [2.45, 2.75) is 0 Å². The molecule has 0 bridgehead atoms. The van der Waals surface area contributed by atoms with Crippen molar-refractivity contribution in [1.29, 1.82) is 0 Å². The number of esters is 1. The molecule has 2 aromatic rings. The molecule has 8 heteroatoms. The maximum Gasteiger partial charge on any atom is 0.363 e. The molecule has 0 fully saturated rings. The van der Waals surface area contributed by atoms with E-state index < -0.39 is 10.9 Å². The Balaban J connectivity index is 1.99. The van der Waals surface area contributed by atoms with Crippen molar-refractivity contribution in [2.24, 2.45) is 4.99 Å². The molecule has 0 aliphatic carbocycles. The molecule has 0 amide bonds. The van der Waals surface area contributed by atoms with E-state index in [0.717, 1.165) is 0 Å². The second-order valence-electron chi connectivity index (χ2n) is 4.79. The molecule has 0 radical (unpaired) electrons. The molecule has 0 aromatic heterocycles. The first-order valence-electron chi connectivity index (χ1n) is 6.67. The number of rotatable bonds is 3. The molecule has 0 saturated heterocycles. The largest absolute Gasteiger partial charge is 0.402 e. The number of carbonyl (C=O) groups is 1. The van der Waals surface area contributed by atoms with E-state index in [9.17, 15) is 14.9 Å². The van der Waals surface area contributed by atoms with Crippen molar-refractivity contribution >= 4 is 46.8 Å². The van der Waals surface area contributed by atoms with E-state index >= 15 is 0 Å². The van der Waals surface area contributed by atoms with Gasteiger partial charge in [0.05, 0.1) is 20.5 Å². The van der Waals surface area contributed by atoms with Crippen molar-refractivity contribution < 1.29 is 14.5 Å². The second kappa shape index (κ2) is 6.43. The van der Waals surface area contributed by atoms with E-state index in [1.54, 1.807) is 24.3 Å². The van der Waals surface area contributed by atoms with Gasteiger partial charge in [-0.3, -0.25) is 10.1 Å². The number of carbonyl (C=O) groups excluding carboxylic acids is 1. The topological polar surface area (TPSA) is 81.8 Å². The summed E-state index contributed by atoms with van der Waals surface area (Å²) < 4.78 is 5.11. The van der Waals surface area contributed by atoms with Crippen LogP contribution in [0.2, 0.25) is 10.0 Å². The summed E-state index contributed by atoms with van der Waals surface area (Å²) in [7, 11) is 0. The number of nitro benzene ring substituents is 1. The molecular weight excluding hydrogens is 355 g/mol. The third kappa shape index (κ3) is 3.15. The molecule has 6 nitrogen and oxygen atoms in total. The van der Waals surface area contributed by atoms with Gasteiger partial charge in [-0.1, -0.05) is 41.4 Å². The lowest BCUT2D eigenvalue weighted by Gasteiger charge is -2.03. The normalized spacial score (nSPS) is 15.3. The van der Waals surface area contributed by atoms with Crippen molar-refractivity contribution in [3.05, 3.63) is 79.4 Å². The molecule has 1 aliphatic rings. The number of ether oxygens (including phenoxy) is 1. The van der Waals surface area contributed by atoms with Gasteiger partial charge in [0.25, 0.3) is 5.69 Å². The molecule has 0 atom stereocenters. The number of non-ortho nitro benzene ring substituents is 1. The van der Waals surface area contributed by atoms with Crippen LogP contribution in [0.15, 0.2) is 53.2 Å². The average molecular weight is 363 g/mol. The summed E-state index contributed by atoms with van der Waals surface area (Å²) in [5, 5.41) is 11.3. The van der Waals surface area contributed by atoms with Crippen LogP contribution in [0.4, 0.5) is 5.69 Å². The zero-order chi connectivity index (χ0) is 17.3. The SMILES string of the molecule is O=C1OC(c2cccc(Cl)c2Cl)=N/C1=C\c1cccc([N+](=O)[O-])c1. The van der Waals surface area contributed by atoms with E-state index in [0.29, 0.717) is 16.1 Å². The summed E-state index contributed by atoms with van der Waals surface area (Å²) in [4.78, 5) is 26.3. The Morgan fingerprint density at radius 3 is 2.67 bits per heavy atom. The Kier molecular flexibility index (Phi) is 4.33. The van der Waals surface area contributed by atoms with Gasteiger partial charge in [-0.2, -0.15) is 0 Å². The number of halogens is 2. The third-order valence-corrected chi connectivity index (χ3v) is 4.01. The predicted octanol–water partition coefficient (Wildman–Crippen LogP) is 4.25. The lowest BCUT2D eigenvalue weighted by Crippen LogP contribution is -2.06. The smallest absolute Gasteiger partial charge is 0.363 e. The number of hydrogen-bond acceptors (Lipinski definition) is 5. The Morgan fingerprint density at radius 1 is 1.17 bits per heavy atom. The molecule has 0 N–H and O–H groups in total. The van der Waals surface area contributed by atoms with Gasteiger partial charge in [0.1, 0.15) is 0 Å². The van der Waals surface area contributed by atoms with Gasteiger partial charge in [-0.15, -0.1) is 0 Å². The Hall–Kier alpha value is -2.70. The van der Waals surface area contributed by atoms with E-state index in [1.807, 2.05) is 0 Å². The van der Waals surface area contributed by atoms with E-state index in [4.69, 9.17) is 27.9 Å². The van der Waals surface area contributed by atoms with E-state index in [2.05, 4.69) is 4.99 Å². The summed E-state index contributed by atoms with van der Waals surface area (Å²) in [6, 6.07) is 10.7. The summed E-state index contributed by atoms with van der Waals surface area (Å²) in [5.41, 5.74) is 0.776. The van der Waals surface area contributed by atoms with Gasteiger partial charge in [-0.05, 0) is 23.8 Å². The van der Waals surface area contributed by atoms with Gasteiger partial charge in [-0.25, -0.2) is 9.79 Å². The second-order valence-corrected chi connectivity index (χ2v) is 5.57. The van der Waals surface area contributed by atoms with Crippen LogP contribution in [0.5, 0.6) is 0 Å². The van der Waals surface area contributed by atoms with Gasteiger partial charge in [0.2, 0.25) is 5.90 Å². The fourth-order valence-corrected chi connectivity index (χ4v) is 2.46. The predicted molar refractivity (Wildman–Crippen MR) is 90.2 cm³/mol. The standard InChI is InChI=1S/C16H8Cl2N2O4/c17-12-6-2-5-11(14(12)18)15-19-13(16(21)24-15)8-9-3-1-4-10(7-9)20(22)23/h1-8H/b13-8-. The fraction of sp³-hybridized carbons (Fsp3) is 0. The summed E-state index contributed by atoms with van der Waals surface area (Å²) in [5.74, 6) is -0.642. The third-order valence-electron chi connectivity index (χ3n) is 3.19. The highest BCUT2D eigenvalue weighted by Crippen LogP contribution is 2.29. The number of cyclic esters (lactones) is 1. The Labute approximate surface area is 146 Å². The van der Waals surface area contributed by atoms with E-state index in [-0.39, 0.29) is 22.3 Å². The minimum atomic E-state index is -0.674. The molecule has 2 aromatic carbocycles. The fourth-order valence-electron chi connectivity index (χ4n) is 2.08. The first kappa shape index (κ1) is 16.2. The maximum absolute atomic E-state index is 12.0. The number of aliphatic imine (C=N–C) groups is 1. The Bertz CT molecular complexity index is 922. The van der Waals surface area contributed by atoms with Gasteiger partial charge in [0, 0.05) is 12.1 Å². The molecule has 1 heterocycles. The lowest BCUT2D eigenvalue weighted by atomic mass is 10.1. The highest BCUT2D eigenvalue weighted by atomic mass is 35.5. The van der Waals surface area contributed by atoms with Crippen molar-refractivity contribution in [2.75, 3.05) is 0 Å². The van der Waals surface area contributed by atoms with E-state index in [1.165, 1.54) is 24.3 Å². The zero-order valence-electron chi connectivity index (χ0n) is 11.9. The lowest BCUT2D eigenvalue weighted by molar-refractivity contribution is -0.384. The first-order chi connectivity index (χ1) is 11.5. The van der Waals surface area contributed by atoms with Crippen LogP contribution >= 0.6 is 23.2 Å². The Morgan fingerprint density at radius 2 is 1.92 bits per heavy atom. The van der Waals surface area contributed by atoms with Crippen molar-refractivity contribution in [3.8, 4) is 0 Å². The molecule has 0 saturated carbocycles. The molecule has 120 valence electrons. The zero-order valence-corrected chi connectivity index (χ0v) is 13.4. The average Bonchev–Trinajstić information content (AvgIpc) is 2.91. The monoisotopic (exact) mass is 362 g/mol. The molecule has 1 aliphatic heterocycles. The highest BCUT2D eigenvalue weighted by molar-refractivity contribution is 6.44. The van der Waals surface area contributed by atoms with Crippen LogP contribution in [0.1, 0.15) is 11.1 Å². The van der Waals surface area contributed by atoms with Gasteiger partial charge in [0.15, 0.2) is 5.70 Å². The molecule has 3 rings (SSSR count). The minimum absolute atomic E-state index is 0.0153. The highest BCUT2D eigenvalue weighted by Gasteiger charge is 2.26. The molecule has 0 spiro atoms. The quantitative estimate of drug-likeness (QED) is 0.353. The molecular formula is C16H8Cl2N2O4. The van der Waals surface area contributed by atoms with Crippen LogP contribution in [-0.2, 0) is 9.53 Å². The van der Waals surface area contributed by atoms with Crippen LogP contribution in [0.25, 0.3) is 6.08 Å². The number of nitro groups is 1. The number of hydrogen-bond donors (Lipinski definition) is 0.